The fourth-order valence-electron chi connectivity index (χ4n) is 2.85. The molecule has 0 unspecified atom stereocenters. The highest BCUT2D eigenvalue weighted by Gasteiger charge is 2.23. The maximum absolute atomic E-state index is 10.8. The summed E-state index contributed by atoms with van der Waals surface area (Å²) in [5, 5.41) is 20.9. The lowest BCUT2D eigenvalue weighted by atomic mass is 10.2. The summed E-state index contributed by atoms with van der Waals surface area (Å²) in [6.07, 6.45) is 1.73. The Morgan fingerprint density at radius 3 is 2.62 bits per heavy atom. The quantitative estimate of drug-likeness (QED) is 0.309. The molecule has 0 amide bonds. The summed E-state index contributed by atoms with van der Waals surface area (Å²) in [5.41, 5.74) is 7.85. The van der Waals surface area contributed by atoms with Gasteiger partial charge in [0, 0.05) is 23.4 Å². The Morgan fingerprint density at radius 2 is 1.93 bits per heavy atom. The molecule has 0 fully saturated rings. The fraction of sp³-hybridized carbons (Fsp3) is 0.0588. The average molecular weight is 450 g/mol. The van der Waals surface area contributed by atoms with Gasteiger partial charge in [-0.3, -0.25) is 20.2 Å². The van der Waals surface area contributed by atoms with Gasteiger partial charge in [-0.05, 0) is 23.8 Å². The van der Waals surface area contributed by atoms with Gasteiger partial charge in [-0.1, -0.05) is 47.6 Å². The predicted molar refractivity (Wildman–Crippen MR) is 112 cm³/mol. The molecule has 0 saturated heterocycles. The second kappa shape index (κ2) is 7.84. The monoisotopic (exact) mass is 449 g/mol. The second-order valence-corrected chi connectivity index (χ2v) is 7.32. The van der Waals surface area contributed by atoms with E-state index in [0.29, 0.717) is 38.3 Å². The molecule has 2 aromatic carbocycles. The van der Waals surface area contributed by atoms with Crippen molar-refractivity contribution in [1.82, 2.24) is 25.9 Å². The topological polar surface area (TPSA) is 104 Å². The third kappa shape index (κ3) is 3.83. The fourth-order valence-corrected chi connectivity index (χ4v) is 3.64. The zero-order valence-corrected chi connectivity index (χ0v) is 16.9. The molecule has 1 aromatic heterocycles. The van der Waals surface area contributed by atoms with E-state index in [-0.39, 0.29) is 5.69 Å². The first kappa shape index (κ1) is 19.4. The standard InChI is InChI=1S/C17H13Cl2N7O2S/c18-11-3-6-15(14(19)7-11)25-17(29)13(8-20-25)16-21-22-23-24(16)9-10-1-4-12(5-2-10)26(27)28/h1-8,20,22-23H,9H2. The Labute approximate surface area is 179 Å². The number of aromatic amines is 1. The van der Waals surface area contributed by atoms with Crippen LogP contribution in [0, 0.1) is 14.8 Å². The molecule has 0 bridgehead atoms. The largest absolute Gasteiger partial charge is 0.299 e. The highest BCUT2D eigenvalue weighted by molar-refractivity contribution is 7.71. The Morgan fingerprint density at radius 1 is 1.17 bits per heavy atom. The maximum Gasteiger partial charge on any atom is 0.269 e. The molecule has 4 rings (SSSR count). The van der Waals surface area contributed by atoms with E-state index in [9.17, 15) is 10.1 Å². The van der Waals surface area contributed by atoms with Crippen molar-refractivity contribution in [1.29, 1.82) is 0 Å². The minimum atomic E-state index is -0.434. The van der Waals surface area contributed by atoms with Crippen LogP contribution in [0.2, 0.25) is 10.0 Å². The van der Waals surface area contributed by atoms with E-state index >= 15 is 0 Å². The van der Waals surface area contributed by atoms with Crippen LogP contribution in [0.25, 0.3) is 5.69 Å². The first-order chi connectivity index (χ1) is 13.9. The number of aromatic nitrogens is 2. The predicted octanol–water partition coefficient (Wildman–Crippen LogP) is 3.94. The van der Waals surface area contributed by atoms with Crippen LogP contribution in [0.4, 0.5) is 5.69 Å². The highest BCUT2D eigenvalue weighted by Crippen LogP contribution is 2.25. The van der Waals surface area contributed by atoms with Crippen molar-refractivity contribution in [3.05, 3.63) is 84.6 Å². The van der Waals surface area contributed by atoms with Crippen molar-refractivity contribution in [2.24, 2.45) is 5.10 Å². The summed E-state index contributed by atoms with van der Waals surface area (Å²) in [6, 6.07) is 11.4. The van der Waals surface area contributed by atoms with Gasteiger partial charge in [0.15, 0.2) is 5.84 Å². The van der Waals surface area contributed by atoms with Crippen LogP contribution in [0.5, 0.6) is 0 Å². The normalized spacial score (nSPS) is 13.3. The number of nitro groups is 1. The zero-order valence-electron chi connectivity index (χ0n) is 14.6. The summed E-state index contributed by atoms with van der Waals surface area (Å²) in [7, 11) is 0. The number of hydrogen-bond acceptors (Lipinski definition) is 7. The molecule has 0 aliphatic carbocycles. The molecular weight excluding hydrogens is 437 g/mol. The van der Waals surface area contributed by atoms with Crippen LogP contribution >= 0.6 is 35.4 Å². The minimum Gasteiger partial charge on any atom is -0.299 e. The number of rotatable bonds is 5. The van der Waals surface area contributed by atoms with Crippen LogP contribution in [0.1, 0.15) is 11.1 Å². The number of hydrazine groups is 2. The molecule has 3 N–H and O–H groups in total. The van der Waals surface area contributed by atoms with E-state index in [2.05, 4.69) is 21.3 Å². The van der Waals surface area contributed by atoms with Gasteiger partial charge >= 0.3 is 0 Å². The molecule has 1 aliphatic heterocycles. The molecule has 0 radical (unpaired) electrons. The van der Waals surface area contributed by atoms with Crippen molar-refractivity contribution < 1.29 is 4.92 Å². The van der Waals surface area contributed by atoms with Crippen LogP contribution < -0.4 is 11.1 Å². The first-order valence-electron chi connectivity index (χ1n) is 8.29. The number of amidine groups is 1. The molecule has 0 atom stereocenters. The second-order valence-electron chi connectivity index (χ2n) is 6.09. The van der Waals surface area contributed by atoms with Crippen LogP contribution in [-0.2, 0) is 6.54 Å². The molecule has 29 heavy (non-hydrogen) atoms. The molecule has 9 nitrogen and oxygen atoms in total. The third-order valence-corrected chi connectivity index (χ3v) is 5.19. The zero-order chi connectivity index (χ0) is 20.5. The summed E-state index contributed by atoms with van der Waals surface area (Å²) in [5.74, 6) is 0.563. The lowest BCUT2D eigenvalue weighted by Gasteiger charge is -2.18. The van der Waals surface area contributed by atoms with Crippen LogP contribution in [0.15, 0.2) is 53.8 Å². The maximum atomic E-state index is 10.8. The Kier molecular flexibility index (Phi) is 5.24. The van der Waals surface area contributed by atoms with Crippen LogP contribution in [0.3, 0.4) is 0 Å². The molecule has 1 aliphatic rings. The van der Waals surface area contributed by atoms with Gasteiger partial charge in [0.05, 0.1) is 27.7 Å². The van der Waals surface area contributed by atoms with Gasteiger partial charge in [-0.15, -0.1) is 10.6 Å². The van der Waals surface area contributed by atoms with E-state index in [0.717, 1.165) is 5.56 Å². The number of halogens is 2. The van der Waals surface area contributed by atoms with Gasteiger partial charge in [0.2, 0.25) is 0 Å². The van der Waals surface area contributed by atoms with Gasteiger partial charge in [0.1, 0.15) is 4.64 Å². The molecule has 0 spiro atoms. The smallest absolute Gasteiger partial charge is 0.269 e. The van der Waals surface area contributed by atoms with E-state index in [1.165, 1.54) is 12.1 Å². The first-order valence-corrected chi connectivity index (χ1v) is 9.46. The number of nitro benzene ring substituents is 1. The molecule has 2 heterocycles. The number of H-pyrrole nitrogens is 1. The van der Waals surface area contributed by atoms with E-state index < -0.39 is 4.92 Å². The summed E-state index contributed by atoms with van der Waals surface area (Å²) >= 11 is 17.9. The molecule has 12 heteroatoms. The van der Waals surface area contributed by atoms with Crippen molar-refractivity contribution in [2.45, 2.75) is 6.54 Å². The van der Waals surface area contributed by atoms with Crippen molar-refractivity contribution >= 4 is 46.9 Å². The van der Waals surface area contributed by atoms with Crippen molar-refractivity contribution in [3.8, 4) is 5.69 Å². The summed E-state index contributed by atoms with van der Waals surface area (Å²) in [4.78, 5) is 10.4. The number of hydrogen-bond donors (Lipinski definition) is 3. The average Bonchev–Trinajstić information content (AvgIpc) is 3.28. The van der Waals surface area contributed by atoms with Crippen molar-refractivity contribution in [2.75, 3.05) is 0 Å². The van der Waals surface area contributed by atoms with Gasteiger partial charge in [-0.25, -0.2) is 10.2 Å². The molecular formula is C17H13Cl2N7O2S. The van der Waals surface area contributed by atoms with Crippen LogP contribution in [-0.4, -0.2) is 25.5 Å². The van der Waals surface area contributed by atoms with Gasteiger partial charge < -0.3 is 0 Å². The number of non-ortho nitro benzene ring substituents is 1. The SMILES string of the molecule is O=[N+]([O-])c1ccc(CN2NNN=C2c2c[nH]n(-c3ccc(Cl)cc3Cl)c2=S)cc1. The number of nitrogens with zero attached hydrogens (tertiary/aromatic N) is 4. The summed E-state index contributed by atoms with van der Waals surface area (Å²) in [6.45, 7) is 0.408. The number of benzene rings is 2. The Balaban J connectivity index is 1.60. The molecule has 148 valence electrons. The lowest BCUT2D eigenvalue weighted by Crippen LogP contribution is -2.40. The Bertz CT molecular complexity index is 1170. The summed E-state index contributed by atoms with van der Waals surface area (Å²) < 4.78 is 2.14. The van der Waals surface area contributed by atoms with E-state index in [1.54, 1.807) is 46.2 Å². The highest BCUT2D eigenvalue weighted by atomic mass is 35.5. The van der Waals surface area contributed by atoms with E-state index in [4.69, 9.17) is 35.4 Å². The number of hydrazone groups is 1. The molecule has 0 saturated carbocycles. The van der Waals surface area contributed by atoms with Gasteiger partial charge in [-0.2, -0.15) is 0 Å². The minimum absolute atomic E-state index is 0.0366. The van der Waals surface area contributed by atoms with Gasteiger partial charge in [0.25, 0.3) is 5.69 Å². The van der Waals surface area contributed by atoms with E-state index in [1.807, 2.05) is 0 Å². The molecule has 3 aromatic rings. The van der Waals surface area contributed by atoms with Crippen molar-refractivity contribution in [3.63, 3.8) is 0 Å². The Hall–Kier alpha value is -2.92. The lowest BCUT2D eigenvalue weighted by molar-refractivity contribution is -0.384. The third-order valence-electron chi connectivity index (χ3n) is 4.25. The number of nitrogens with one attached hydrogen (secondary N) is 3.